The minimum absolute atomic E-state index is 0.203. The molecule has 218 valence electrons. The van der Waals surface area contributed by atoms with Crippen LogP contribution in [-0.2, 0) is 23.7 Å². The summed E-state index contributed by atoms with van der Waals surface area (Å²) in [4.78, 5) is 0. The molecule has 0 radical (unpaired) electrons. The normalized spacial score (nSPS) is 49.2. The Balaban J connectivity index is 1.79. The first-order valence-electron chi connectivity index (χ1n) is 12.3. The quantitative estimate of drug-likeness (QED) is 0.122. The fourth-order valence-corrected chi connectivity index (χ4v) is 4.63. The molecule has 12 N–H and O–H groups in total. The minimum atomic E-state index is -1.77. The Labute approximate surface area is 213 Å². The third-order valence-corrected chi connectivity index (χ3v) is 6.81. The summed E-state index contributed by atoms with van der Waals surface area (Å²) >= 11 is 0. The first-order chi connectivity index (χ1) is 17.6. The number of aliphatic hydroxyl groups excluding tert-OH is 9. The van der Waals surface area contributed by atoms with Gasteiger partial charge in [0.1, 0.15) is 67.1 Å². The van der Waals surface area contributed by atoms with Crippen molar-refractivity contribution in [3.8, 4) is 0 Å². The molecule has 16 heteroatoms. The van der Waals surface area contributed by atoms with Gasteiger partial charge in [-0.05, 0) is 13.0 Å². The summed E-state index contributed by atoms with van der Waals surface area (Å²) in [5.41, 5.74) is 5.55. The van der Waals surface area contributed by atoms with Gasteiger partial charge in [-0.25, -0.2) is 0 Å². The fourth-order valence-electron chi connectivity index (χ4n) is 4.63. The molecule has 3 rings (SSSR count). The predicted octanol–water partition coefficient (Wildman–Crippen LogP) is -6.60. The van der Waals surface area contributed by atoms with Crippen LogP contribution in [0.5, 0.6) is 0 Å². The zero-order valence-corrected chi connectivity index (χ0v) is 20.3. The van der Waals surface area contributed by atoms with Crippen molar-refractivity contribution in [1.82, 2.24) is 5.32 Å². The molecule has 0 aromatic heterocycles. The lowest BCUT2D eigenvalue weighted by atomic mass is 9.94. The van der Waals surface area contributed by atoms with Crippen LogP contribution in [-0.4, -0.2) is 164 Å². The van der Waals surface area contributed by atoms with Gasteiger partial charge in [0.2, 0.25) is 0 Å². The molecule has 37 heavy (non-hydrogen) atoms. The van der Waals surface area contributed by atoms with E-state index in [9.17, 15) is 46.0 Å². The Hall–Kier alpha value is -0.640. The molecule has 0 spiro atoms. The number of ether oxygens (including phenoxy) is 5. The SMILES string of the molecule is CCCN[C@H]1[C@H](O[C@H]2[C@@H](O)[C@H](O)[C@@H](CO)O[C@@H]2O)O[C@H](CO)[C@@H](O[C@@H]2O[C@H](CN)[C@H](O)[C@H](O)[C@H]2O)[C@@H]1O. The number of nitrogens with one attached hydrogen (secondary N) is 1. The predicted molar refractivity (Wildman–Crippen MR) is 119 cm³/mol. The molecule has 3 aliphatic heterocycles. The maximum Gasteiger partial charge on any atom is 0.187 e. The standard InChI is InChI=1S/C21H40N2O14/c1-2-3-23-10-13(28)17(36-21-16(31)14(29)11(26)7(4-22)34-21)9(6-25)35-20(10)37-18-15(30)12(27)8(5-24)33-19(18)32/h7-21,23-32H,2-6,22H2,1H3/t7-,8-,9-,10-,11+,12-,13-,14+,15+,16-,17-,18+,19+,20+,21+/m1/s1. The molecule has 16 nitrogen and oxygen atoms in total. The molecule has 3 aliphatic rings. The van der Waals surface area contributed by atoms with Gasteiger partial charge in [0.15, 0.2) is 18.9 Å². The molecule has 0 aliphatic carbocycles. The van der Waals surface area contributed by atoms with E-state index in [4.69, 9.17) is 29.4 Å². The second kappa shape index (κ2) is 13.6. The molecule has 0 unspecified atom stereocenters. The van der Waals surface area contributed by atoms with Crippen LogP contribution in [0, 0.1) is 0 Å². The van der Waals surface area contributed by atoms with Gasteiger partial charge < -0.3 is 80.7 Å². The summed E-state index contributed by atoms with van der Waals surface area (Å²) in [5, 5.41) is 94.9. The van der Waals surface area contributed by atoms with Gasteiger partial charge in [0.25, 0.3) is 0 Å². The minimum Gasteiger partial charge on any atom is -0.394 e. The van der Waals surface area contributed by atoms with E-state index >= 15 is 0 Å². The highest BCUT2D eigenvalue weighted by Gasteiger charge is 2.53. The topological polar surface area (TPSA) is 266 Å². The van der Waals surface area contributed by atoms with Crippen molar-refractivity contribution in [2.24, 2.45) is 5.73 Å². The average Bonchev–Trinajstić information content (AvgIpc) is 2.89. The van der Waals surface area contributed by atoms with Crippen LogP contribution in [0.3, 0.4) is 0 Å². The molecule has 0 amide bonds. The lowest BCUT2D eigenvalue weighted by Gasteiger charge is -2.49. The maximum absolute atomic E-state index is 11.2. The lowest BCUT2D eigenvalue weighted by molar-refractivity contribution is -0.368. The van der Waals surface area contributed by atoms with Crippen molar-refractivity contribution in [3.05, 3.63) is 0 Å². The Bertz CT molecular complexity index is 694. The summed E-state index contributed by atoms with van der Waals surface area (Å²) in [6.45, 7) is 0.622. The van der Waals surface area contributed by atoms with E-state index in [1.54, 1.807) is 0 Å². The van der Waals surface area contributed by atoms with Gasteiger partial charge in [-0.2, -0.15) is 0 Å². The summed E-state index contributed by atoms with van der Waals surface area (Å²) in [6, 6.07) is -1.08. The third kappa shape index (κ3) is 6.58. The zero-order chi connectivity index (χ0) is 27.4. The van der Waals surface area contributed by atoms with E-state index in [1.807, 2.05) is 6.92 Å². The molecular weight excluding hydrogens is 504 g/mol. The second-order valence-electron chi connectivity index (χ2n) is 9.38. The highest BCUT2D eigenvalue weighted by atomic mass is 16.7. The third-order valence-electron chi connectivity index (χ3n) is 6.81. The number of rotatable bonds is 10. The molecule has 0 aromatic rings. The van der Waals surface area contributed by atoms with E-state index in [2.05, 4.69) is 5.32 Å². The summed E-state index contributed by atoms with van der Waals surface area (Å²) in [6.07, 6.45) is -20.3. The first-order valence-corrected chi connectivity index (χ1v) is 12.3. The number of nitrogens with two attached hydrogens (primary N) is 1. The van der Waals surface area contributed by atoms with Crippen LogP contribution in [0.25, 0.3) is 0 Å². The van der Waals surface area contributed by atoms with Crippen LogP contribution >= 0.6 is 0 Å². The van der Waals surface area contributed by atoms with Gasteiger partial charge in [-0.15, -0.1) is 0 Å². The van der Waals surface area contributed by atoms with E-state index in [0.717, 1.165) is 0 Å². The largest absolute Gasteiger partial charge is 0.394 e. The van der Waals surface area contributed by atoms with Crippen molar-refractivity contribution in [1.29, 1.82) is 0 Å². The molecule has 3 fully saturated rings. The number of hydrogen-bond acceptors (Lipinski definition) is 16. The Morgan fingerprint density at radius 1 is 0.676 bits per heavy atom. The van der Waals surface area contributed by atoms with Gasteiger partial charge in [-0.1, -0.05) is 6.92 Å². The van der Waals surface area contributed by atoms with Crippen molar-refractivity contribution < 1.29 is 69.6 Å². The molecular formula is C21H40N2O14. The van der Waals surface area contributed by atoms with Crippen LogP contribution < -0.4 is 11.1 Å². The number of aliphatic hydroxyl groups is 9. The van der Waals surface area contributed by atoms with Crippen LogP contribution in [0.2, 0.25) is 0 Å². The molecule has 0 aromatic carbocycles. The Morgan fingerprint density at radius 2 is 1.27 bits per heavy atom. The van der Waals surface area contributed by atoms with E-state index in [1.165, 1.54) is 0 Å². The van der Waals surface area contributed by atoms with Crippen LogP contribution in [0.4, 0.5) is 0 Å². The van der Waals surface area contributed by atoms with Crippen molar-refractivity contribution in [2.45, 2.75) is 105 Å². The summed E-state index contributed by atoms with van der Waals surface area (Å²) < 4.78 is 27.8. The Kier molecular flexibility index (Phi) is 11.4. The summed E-state index contributed by atoms with van der Waals surface area (Å²) in [7, 11) is 0. The summed E-state index contributed by atoms with van der Waals surface area (Å²) in [5.74, 6) is 0. The number of hydrogen-bond donors (Lipinski definition) is 11. The lowest BCUT2D eigenvalue weighted by Crippen LogP contribution is -2.69. The molecule has 0 saturated carbocycles. The van der Waals surface area contributed by atoms with Crippen LogP contribution in [0.15, 0.2) is 0 Å². The van der Waals surface area contributed by atoms with E-state index < -0.39 is 105 Å². The maximum atomic E-state index is 11.2. The Morgan fingerprint density at radius 3 is 1.86 bits per heavy atom. The van der Waals surface area contributed by atoms with Gasteiger partial charge in [-0.3, -0.25) is 0 Å². The average molecular weight is 545 g/mol. The van der Waals surface area contributed by atoms with Gasteiger partial charge >= 0.3 is 0 Å². The zero-order valence-electron chi connectivity index (χ0n) is 20.3. The smallest absolute Gasteiger partial charge is 0.187 e. The highest BCUT2D eigenvalue weighted by molar-refractivity contribution is 4.98. The first kappa shape index (κ1) is 30.9. The van der Waals surface area contributed by atoms with E-state index in [0.29, 0.717) is 13.0 Å². The van der Waals surface area contributed by atoms with Gasteiger partial charge in [0.05, 0.1) is 19.3 Å². The molecule has 3 saturated heterocycles. The van der Waals surface area contributed by atoms with Crippen molar-refractivity contribution in [2.75, 3.05) is 26.3 Å². The molecule has 15 atom stereocenters. The van der Waals surface area contributed by atoms with E-state index in [-0.39, 0.29) is 6.54 Å². The van der Waals surface area contributed by atoms with Crippen LogP contribution in [0.1, 0.15) is 13.3 Å². The van der Waals surface area contributed by atoms with Gasteiger partial charge in [0, 0.05) is 6.54 Å². The molecule has 0 bridgehead atoms. The van der Waals surface area contributed by atoms with Crippen molar-refractivity contribution in [3.63, 3.8) is 0 Å². The molecule has 3 heterocycles. The van der Waals surface area contributed by atoms with Crippen molar-refractivity contribution >= 4 is 0 Å². The highest BCUT2D eigenvalue weighted by Crippen LogP contribution is 2.32. The second-order valence-corrected chi connectivity index (χ2v) is 9.38. The monoisotopic (exact) mass is 544 g/mol. The fraction of sp³-hybridized carbons (Fsp3) is 1.00.